The maximum atomic E-state index is 4.63. The highest BCUT2D eigenvalue weighted by atomic mass is 32.2. The lowest BCUT2D eigenvalue weighted by Crippen LogP contribution is -2.02. The van der Waals surface area contributed by atoms with Crippen LogP contribution >= 0.6 is 23.1 Å². The van der Waals surface area contributed by atoms with Crippen molar-refractivity contribution in [3.8, 4) is 11.1 Å². The Morgan fingerprint density at radius 1 is 1.00 bits per heavy atom. The summed E-state index contributed by atoms with van der Waals surface area (Å²) < 4.78 is 2.38. The van der Waals surface area contributed by atoms with Crippen LogP contribution in [0.2, 0.25) is 0 Å². The molecule has 27 heavy (non-hydrogen) atoms. The Labute approximate surface area is 164 Å². The molecule has 1 aromatic carbocycles. The third-order valence-electron chi connectivity index (χ3n) is 5.15. The lowest BCUT2D eigenvalue weighted by molar-refractivity contribution is 0.626. The van der Waals surface area contributed by atoms with Crippen molar-refractivity contribution in [2.24, 2.45) is 0 Å². The third kappa shape index (κ3) is 2.76. The van der Waals surface area contributed by atoms with Crippen LogP contribution in [0.3, 0.4) is 0 Å². The normalized spacial score (nSPS) is 16.9. The molecule has 7 heteroatoms. The molecule has 0 aliphatic heterocycles. The van der Waals surface area contributed by atoms with Crippen molar-refractivity contribution in [2.45, 2.75) is 47.8 Å². The largest absolute Gasteiger partial charge is 0.302 e. The van der Waals surface area contributed by atoms with Crippen LogP contribution in [0.25, 0.3) is 21.3 Å². The lowest BCUT2D eigenvalue weighted by atomic mass is 10.1. The number of hydrogen-bond acceptors (Lipinski definition) is 6. The van der Waals surface area contributed by atoms with Crippen molar-refractivity contribution in [2.75, 3.05) is 0 Å². The van der Waals surface area contributed by atoms with Gasteiger partial charge in [0.25, 0.3) is 0 Å². The van der Waals surface area contributed by atoms with Crippen molar-refractivity contribution in [1.29, 1.82) is 0 Å². The van der Waals surface area contributed by atoms with E-state index < -0.39 is 0 Å². The van der Waals surface area contributed by atoms with Crippen molar-refractivity contribution >= 4 is 33.3 Å². The van der Waals surface area contributed by atoms with Gasteiger partial charge in [-0.15, -0.1) is 21.5 Å². The predicted molar refractivity (Wildman–Crippen MR) is 107 cm³/mol. The van der Waals surface area contributed by atoms with Crippen molar-refractivity contribution in [3.63, 3.8) is 0 Å². The Morgan fingerprint density at radius 3 is 2.63 bits per heavy atom. The minimum Gasteiger partial charge on any atom is -0.302 e. The molecular formula is C20H17N5S2. The molecule has 0 spiro atoms. The lowest BCUT2D eigenvalue weighted by Gasteiger charge is -2.09. The molecule has 5 nitrogen and oxygen atoms in total. The molecule has 3 heterocycles. The number of rotatable bonds is 5. The van der Waals surface area contributed by atoms with E-state index in [4.69, 9.17) is 0 Å². The Hall–Kier alpha value is -2.25. The van der Waals surface area contributed by atoms with E-state index in [1.807, 2.05) is 6.07 Å². The first kappa shape index (κ1) is 15.8. The number of benzene rings is 1. The smallest absolute Gasteiger partial charge is 0.197 e. The summed E-state index contributed by atoms with van der Waals surface area (Å²) in [7, 11) is 0. The van der Waals surface area contributed by atoms with Crippen molar-refractivity contribution in [1.82, 2.24) is 24.7 Å². The topological polar surface area (TPSA) is 56.5 Å². The molecule has 0 amide bonds. The Bertz CT molecular complexity index is 1130. The van der Waals surface area contributed by atoms with Crippen LogP contribution in [0.1, 0.15) is 43.5 Å². The third-order valence-corrected chi connectivity index (χ3v) is 7.00. The Balaban J connectivity index is 1.46. The van der Waals surface area contributed by atoms with Gasteiger partial charge in [-0.2, -0.15) is 0 Å². The highest BCUT2D eigenvalue weighted by molar-refractivity contribution is 7.99. The first-order valence-electron chi connectivity index (χ1n) is 9.29. The summed E-state index contributed by atoms with van der Waals surface area (Å²) in [6, 6.07) is 11.0. The quantitative estimate of drug-likeness (QED) is 0.431. The van der Waals surface area contributed by atoms with Crippen LogP contribution in [0.4, 0.5) is 0 Å². The van der Waals surface area contributed by atoms with Crippen LogP contribution in [-0.2, 0) is 0 Å². The first-order chi connectivity index (χ1) is 13.4. The van der Waals surface area contributed by atoms with Crippen LogP contribution in [-0.4, -0.2) is 24.7 Å². The van der Waals surface area contributed by atoms with Crippen molar-refractivity contribution in [3.05, 3.63) is 47.9 Å². The molecule has 0 bridgehead atoms. The van der Waals surface area contributed by atoms with Crippen LogP contribution < -0.4 is 0 Å². The molecule has 0 atom stereocenters. The van der Waals surface area contributed by atoms with Gasteiger partial charge in [-0.1, -0.05) is 30.3 Å². The second-order valence-electron chi connectivity index (χ2n) is 7.19. The molecule has 3 aromatic heterocycles. The number of fused-ring (bicyclic) bond motifs is 1. The van der Waals surface area contributed by atoms with E-state index in [9.17, 15) is 0 Å². The fourth-order valence-corrected chi connectivity index (χ4v) is 5.48. The highest BCUT2D eigenvalue weighted by Gasteiger charge is 2.36. The fraction of sp³-hybridized carbons (Fsp3) is 0.300. The second kappa shape index (κ2) is 6.14. The number of nitrogens with zero attached hydrogens (tertiary/aromatic N) is 5. The van der Waals surface area contributed by atoms with Gasteiger partial charge in [-0.25, -0.2) is 9.97 Å². The second-order valence-corrected chi connectivity index (χ2v) is 9.01. The van der Waals surface area contributed by atoms with Gasteiger partial charge in [-0.05, 0) is 43.0 Å². The highest BCUT2D eigenvalue weighted by Crippen LogP contribution is 2.47. The molecule has 6 rings (SSSR count). The molecule has 2 aliphatic carbocycles. The average Bonchev–Trinajstić information content (AvgIpc) is 3.64. The van der Waals surface area contributed by atoms with Gasteiger partial charge in [-0.3, -0.25) is 0 Å². The van der Waals surface area contributed by atoms with Crippen LogP contribution in [0.5, 0.6) is 0 Å². The summed E-state index contributed by atoms with van der Waals surface area (Å²) >= 11 is 3.31. The van der Waals surface area contributed by atoms with Gasteiger partial charge in [0, 0.05) is 22.9 Å². The minimum absolute atomic E-state index is 0.575. The molecule has 0 saturated heterocycles. The Kier molecular flexibility index (Phi) is 3.59. The van der Waals surface area contributed by atoms with E-state index in [1.54, 1.807) is 29.4 Å². The zero-order chi connectivity index (χ0) is 17.8. The van der Waals surface area contributed by atoms with Gasteiger partial charge in [0.15, 0.2) is 5.16 Å². The molecule has 2 fully saturated rings. The molecule has 0 N–H and O–H groups in total. The molecule has 4 aromatic rings. The minimum atomic E-state index is 0.575. The van der Waals surface area contributed by atoms with E-state index in [-0.39, 0.29) is 0 Å². The molecule has 2 saturated carbocycles. The summed E-state index contributed by atoms with van der Waals surface area (Å²) in [4.78, 5) is 10.1. The van der Waals surface area contributed by atoms with Gasteiger partial charge < -0.3 is 4.57 Å². The van der Waals surface area contributed by atoms with Gasteiger partial charge in [0.05, 0.1) is 5.39 Å². The first-order valence-corrected chi connectivity index (χ1v) is 11.0. The monoisotopic (exact) mass is 391 g/mol. The Morgan fingerprint density at radius 2 is 1.85 bits per heavy atom. The summed E-state index contributed by atoms with van der Waals surface area (Å²) in [6.45, 7) is 0. The standard InChI is InChI=1S/C20H17N5S2/c1-2-4-12(5-3-1)15-10-26-18-16(15)19(22-11-21-18)27-20-24-23-17(13-6-7-13)25(20)14-8-9-14/h1-5,10-11,13-14H,6-9H2. The predicted octanol–water partition coefficient (Wildman–Crippen LogP) is 5.31. The van der Waals surface area contributed by atoms with E-state index >= 15 is 0 Å². The zero-order valence-corrected chi connectivity index (χ0v) is 16.2. The molecule has 0 radical (unpaired) electrons. The molecular weight excluding hydrogens is 374 g/mol. The summed E-state index contributed by atoms with van der Waals surface area (Å²) in [5.41, 5.74) is 2.39. The summed E-state index contributed by atoms with van der Waals surface area (Å²) in [5, 5.41) is 14.3. The van der Waals surface area contributed by atoms with E-state index in [2.05, 4.69) is 54.4 Å². The summed E-state index contributed by atoms with van der Waals surface area (Å²) in [6.07, 6.45) is 6.62. The summed E-state index contributed by atoms with van der Waals surface area (Å²) in [5.74, 6) is 1.79. The van der Waals surface area contributed by atoms with E-state index in [1.165, 1.54) is 42.6 Å². The van der Waals surface area contributed by atoms with Gasteiger partial charge >= 0.3 is 0 Å². The number of aromatic nitrogens is 5. The van der Waals surface area contributed by atoms with Gasteiger partial charge in [0.2, 0.25) is 0 Å². The van der Waals surface area contributed by atoms with E-state index in [0.29, 0.717) is 12.0 Å². The zero-order valence-electron chi connectivity index (χ0n) is 14.6. The maximum Gasteiger partial charge on any atom is 0.197 e. The molecule has 0 unspecified atom stereocenters. The molecule has 2 aliphatic rings. The van der Waals surface area contributed by atoms with Crippen LogP contribution in [0.15, 0.2) is 52.2 Å². The van der Waals surface area contributed by atoms with Crippen molar-refractivity contribution < 1.29 is 0 Å². The SMILES string of the molecule is c1ccc(-c2csc3ncnc(Sc4nnc(C5CC5)n4C4CC4)c23)cc1. The van der Waals surface area contributed by atoms with E-state index in [0.717, 1.165) is 20.4 Å². The molecule has 134 valence electrons. The number of thiophene rings is 1. The van der Waals surface area contributed by atoms with Gasteiger partial charge in [0.1, 0.15) is 22.0 Å². The fourth-order valence-electron chi connectivity index (χ4n) is 3.50. The maximum absolute atomic E-state index is 4.63. The number of hydrogen-bond donors (Lipinski definition) is 0. The average molecular weight is 392 g/mol. The van der Waals surface area contributed by atoms with Crippen LogP contribution in [0, 0.1) is 0 Å².